The molecule has 2 N–H and O–H groups in total. The number of nitrogens with one attached hydrogen (secondary N) is 1. The van der Waals surface area contributed by atoms with Gasteiger partial charge in [-0.15, -0.1) is 0 Å². The van der Waals surface area contributed by atoms with Gasteiger partial charge in [-0.05, 0) is 65.1 Å². The average molecular weight is 519 g/mol. The van der Waals surface area contributed by atoms with E-state index in [1.54, 1.807) is 30.3 Å². The second kappa shape index (κ2) is 11.0. The Morgan fingerprint density at radius 1 is 1.03 bits per heavy atom. The van der Waals surface area contributed by atoms with Gasteiger partial charge in [-0.1, -0.05) is 81.8 Å². The van der Waals surface area contributed by atoms with Gasteiger partial charge in [0.1, 0.15) is 11.8 Å². The topological polar surface area (TPSA) is 69.6 Å². The van der Waals surface area contributed by atoms with Gasteiger partial charge in [0.25, 0.3) is 5.91 Å². The minimum atomic E-state index is -0.635. The highest BCUT2D eigenvalue weighted by atomic mass is 35.5. The van der Waals surface area contributed by atoms with Crippen LogP contribution >= 0.6 is 11.6 Å². The molecule has 1 aliphatic heterocycles. The predicted molar refractivity (Wildman–Crippen MR) is 149 cm³/mol. The summed E-state index contributed by atoms with van der Waals surface area (Å²) in [7, 11) is 0. The maximum Gasteiger partial charge on any atom is 0.251 e. The lowest BCUT2D eigenvalue weighted by molar-refractivity contribution is -0.137. The first-order valence-corrected chi connectivity index (χ1v) is 13.2. The molecule has 4 rings (SSSR count). The normalized spacial score (nSPS) is 17.9. The fourth-order valence-electron chi connectivity index (χ4n) is 5.34. The fourth-order valence-corrected chi connectivity index (χ4v) is 5.46. The molecule has 5 nitrogen and oxygen atoms in total. The van der Waals surface area contributed by atoms with Gasteiger partial charge < -0.3 is 15.3 Å². The smallest absolute Gasteiger partial charge is 0.251 e. The lowest BCUT2D eigenvalue weighted by Gasteiger charge is -2.45. The number of amides is 2. The Kier molecular flexibility index (Phi) is 7.93. The molecule has 0 radical (unpaired) electrons. The number of piperidine rings is 1. The van der Waals surface area contributed by atoms with E-state index in [1.807, 2.05) is 49.1 Å². The Hall–Kier alpha value is -3.31. The maximum atomic E-state index is 13.7. The summed E-state index contributed by atoms with van der Waals surface area (Å²) < 4.78 is 0. The van der Waals surface area contributed by atoms with Crippen molar-refractivity contribution in [3.8, 4) is 16.9 Å². The molecular weight excluding hydrogens is 484 g/mol. The van der Waals surface area contributed by atoms with Gasteiger partial charge in [0.05, 0.1) is 0 Å². The highest BCUT2D eigenvalue weighted by Crippen LogP contribution is 2.42. The summed E-state index contributed by atoms with van der Waals surface area (Å²) >= 11 is 6.08. The predicted octanol–water partition coefficient (Wildman–Crippen LogP) is 6.51. The average Bonchev–Trinajstić information content (AvgIpc) is 2.87. The van der Waals surface area contributed by atoms with Crippen LogP contribution in [0.15, 0.2) is 72.8 Å². The second-order valence-electron chi connectivity index (χ2n) is 10.9. The van der Waals surface area contributed by atoms with Crippen LogP contribution < -0.4 is 5.32 Å². The number of halogens is 1. The number of para-hydroxylation sites is 1. The summed E-state index contributed by atoms with van der Waals surface area (Å²) in [5, 5.41) is 13.9. The first-order valence-electron chi connectivity index (χ1n) is 12.8. The summed E-state index contributed by atoms with van der Waals surface area (Å²) in [6.45, 7) is 9.54. The summed E-state index contributed by atoms with van der Waals surface area (Å²) in [4.78, 5) is 28.8. The van der Waals surface area contributed by atoms with E-state index in [4.69, 9.17) is 11.6 Å². The van der Waals surface area contributed by atoms with Crippen LogP contribution in [0, 0.1) is 11.3 Å². The number of likely N-dealkylation sites (tertiary alicyclic amines) is 1. The molecule has 0 aromatic heterocycles. The number of rotatable bonds is 6. The molecule has 0 unspecified atom stereocenters. The zero-order chi connectivity index (χ0) is 26.7. The van der Waals surface area contributed by atoms with E-state index in [9.17, 15) is 14.7 Å². The standard InChI is InChI=1S/C31H35ClN2O3/c1-20(2)28(33-29(36)23-9-7-8-22(18-23)25-10-5-6-11-27(25)35)30(37)34-17-16-26(31(3,4)19-34)21-12-14-24(32)15-13-21/h5-15,18,20,26,28,35H,16-17,19H2,1-4H3,(H,33,36)/t26-,28-/m1/s1. The number of carbonyl (C=O) groups excluding carboxylic acids is 2. The molecule has 0 spiro atoms. The Morgan fingerprint density at radius 2 is 1.73 bits per heavy atom. The number of aromatic hydroxyl groups is 1. The summed E-state index contributed by atoms with van der Waals surface area (Å²) in [5.41, 5.74) is 2.95. The van der Waals surface area contributed by atoms with Crippen molar-refractivity contribution < 1.29 is 14.7 Å². The van der Waals surface area contributed by atoms with Gasteiger partial charge in [-0.2, -0.15) is 0 Å². The molecule has 2 atom stereocenters. The number of benzene rings is 3. The largest absolute Gasteiger partial charge is 0.507 e. The first kappa shape index (κ1) is 26.7. The fraction of sp³-hybridized carbons (Fsp3) is 0.355. The van der Waals surface area contributed by atoms with Gasteiger partial charge in [0, 0.05) is 29.2 Å². The monoisotopic (exact) mass is 518 g/mol. The van der Waals surface area contributed by atoms with Crippen LogP contribution in [-0.4, -0.2) is 41.0 Å². The molecule has 0 bridgehead atoms. The van der Waals surface area contributed by atoms with Gasteiger partial charge in [-0.25, -0.2) is 0 Å². The van der Waals surface area contributed by atoms with E-state index < -0.39 is 6.04 Å². The molecule has 37 heavy (non-hydrogen) atoms. The molecule has 194 valence electrons. The Labute approximate surface area is 224 Å². The minimum Gasteiger partial charge on any atom is -0.507 e. The number of phenolic OH excluding ortho intramolecular Hbond substituents is 1. The van der Waals surface area contributed by atoms with Gasteiger partial charge >= 0.3 is 0 Å². The van der Waals surface area contributed by atoms with Crippen molar-refractivity contribution in [2.24, 2.45) is 11.3 Å². The van der Waals surface area contributed by atoms with Crippen LogP contribution in [0.4, 0.5) is 0 Å². The third kappa shape index (κ3) is 5.99. The molecule has 1 fully saturated rings. The Balaban J connectivity index is 1.48. The van der Waals surface area contributed by atoms with E-state index >= 15 is 0 Å². The molecule has 1 heterocycles. The number of hydrogen-bond acceptors (Lipinski definition) is 3. The van der Waals surface area contributed by atoms with E-state index in [0.717, 1.165) is 17.0 Å². The van der Waals surface area contributed by atoms with E-state index in [-0.39, 0.29) is 28.9 Å². The van der Waals surface area contributed by atoms with Crippen molar-refractivity contribution in [2.45, 2.75) is 46.1 Å². The maximum absolute atomic E-state index is 13.7. The lowest BCUT2D eigenvalue weighted by Crippen LogP contribution is -2.55. The van der Waals surface area contributed by atoms with E-state index in [2.05, 4.69) is 31.3 Å². The van der Waals surface area contributed by atoms with Crippen molar-refractivity contribution in [3.05, 3.63) is 88.9 Å². The molecule has 2 amide bonds. The zero-order valence-electron chi connectivity index (χ0n) is 21.9. The van der Waals surface area contributed by atoms with Crippen LogP contribution in [0.1, 0.15) is 56.0 Å². The van der Waals surface area contributed by atoms with Crippen LogP contribution in [-0.2, 0) is 4.79 Å². The third-order valence-corrected chi connectivity index (χ3v) is 7.62. The number of hydrogen-bond donors (Lipinski definition) is 2. The van der Waals surface area contributed by atoms with Gasteiger partial charge in [0.2, 0.25) is 5.91 Å². The summed E-state index contributed by atoms with van der Waals surface area (Å²) in [5.74, 6) is 0.0373. The number of phenols is 1. The van der Waals surface area contributed by atoms with Crippen molar-refractivity contribution >= 4 is 23.4 Å². The quantitative estimate of drug-likeness (QED) is 0.391. The third-order valence-electron chi connectivity index (χ3n) is 7.37. The summed E-state index contributed by atoms with van der Waals surface area (Å²) in [6.07, 6.45) is 0.849. The molecule has 0 saturated carbocycles. The molecule has 1 aliphatic rings. The Bertz CT molecular complexity index is 1270. The van der Waals surface area contributed by atoms with Crippen LogP contribution in [0.5, 0.6) is 5.75 Å². The highest BCUT2D eigenvalue weighted by Gasteiger charge is 2.40. The zero-order valence-corrected chi connectivity index (χ0v) is 22.6. The van der Waals surface area contributed by atoms with Crippen LogP contribution in [0.2, 0.25) is 5.02 Å². The van der Waals surface area contributed by atoms with Crippen molar-refractivity contribution in [1.82, 2.24) is 10.2 Å². The van der Waals surface area contributed by atoms with Crippen molar-refractivity contribution in [2.75, 3.05) is 13.1 Å². The number of nitrogens with zero attached hydrogens (tertiary/aromatic N) is 1. The molecule has 3 aromatic rings. The first-order chi connectivity index (χ1) is 17.6. The van der Waals surface area contributed by atoms with Crippen LogP contribution in [0.3, 0.4) is 0 Å². The molecular formula is C31H35ClN2O3. The van der Waals surface area contributed by atoms with Crippen molar-refractivity contribution in [3.63, 3.8) is 0 Å². The molecule has 6 heteroatoms. The Morgan fingerprint density at radius 3 is 2.38 bits per heavy atom. The van der Waals surface area contributed by atoms with E-state index in [1.165, 1.54) is 5.56 Å². The van der Waals surface area contributed by atoms with Crippen LogP contribution in [0.25, 0.3) is 11.1 Å². The molecule has 0 aliphatic carbocycles. The molecule has 1 saturated heterocycles. The van der Waals surface area contributed by atoms with E-state index in [0.29, 0.717) is 30.1 Å². The molecule has 3 aromatic carbocycles. The SMILES string of the molecule is CC(C)[C@@H](NC(=O)c1cccc(-c2ccccc2O)c1)C(=O)N1CC[C@H](c2ccc(Cl)cc2)C(C)(C)C1. The van der Waals surface area contributed by atoms with Gasteiger partial charge in [0.15, 0.2) is 0 Å². The number of carbonyl (C=O) groups is 2. The summed E-state index contributed by atoms with van der Waals surface area (Å²) in [6, 6.07) is 21.5. The van der Waals surface area contributed by atoms with Gasteiger partial charge in [-0.3, -0.25) is 9.59 Å². The highest BCUT2D eigenvalue weighted by molar-refractivity contribution is 6.30. The van der Waals surface area contributed by atoms with Crippen molar-refractivity contribution in [1.29, 1.82) is 0 Å². The second-order valence-corrected chi connectivity index (χ2v) is 11.4. The minimum absolute atomic E-state index is 0.0529. The lowest BCUT2D eigenvalue weighted by atomic mass is 9.70.